The summed E-state index contributed by atoms with van der Waals surface area (Å²) < 4.78 is 10.4. The van der Waals surface area contributed by atoms with Gasteiger partial charge in [-0.15, -0.1) is 0 Å². The summed E-state index contributed by atoms with van der Waals surface area (Å²) in [6.07, 6.45) is 3.84. The number of amides is 1. The summed E-state index contributed by atoms with van der Waals surface area (Å²) in [6, 6.07) is 7.14. The van der Waals surface area contributed by atoms with E-state index in [0.717, 1.165) is 24.1 Å². The van der Waals surface area contributed by atoms with Gasteiger partial charge in [0.25, 0.3) is 5.91 Å². The van der Waals surface area contributed by atoms with E-state index in [9.17, 15) is 4.79 Å². The average molecular weight is 314 g/mol. The van der Waals surface area contributed by atoms with E-state index in [-0.39, 0.29) is 5.91 Å². The Hall–Kier alpha value is -2.83. The third-order valence-corrected chi connectivity index (χ3v) is 3.63. The molecule has 7 nitrogen and oxygen atoms in total. The van der Waals surface area contributed by atoms with Gasteiger partial charge in [0.05, 0.1) is 20.4 Å². The fourth-order valence-corrected chi connectivity index (χ4v) is 2.21. The van der Waals surface area contributed by atoms with Crippen molar-refractivity contribution in [1.29, 1.82) is 0 Å². The van der Waals surface area contributed by atoms with Gasteiger partial charge in [-0.2, -0.15) is 10.2 Å². The van der Waals surface area contributed by atoms with Gasteiger partial charge >= 0.3 is 0 Å². The maximum atomic E-state index is 12.0. The smallest absolute Gasteiger partial charge is 0.291 e. The minimum absolute atomic E-state index is 0.343. The lowest BCUT2D eigenvalue weighted by Crippen LogP contribution is -2.18. The second-order valence-electron chi connectivity index (χ2n) is 5.30. The van der Waals surface area contributed by atoms with Crippen molar-refractivity contribution in [3.8, 4) is 11.5 Å². The van der Waals surface area contributed by atoms with Crippen LogP contribution in [0.2, 0.25) is 0 Å². The molecule has 1 amide bonds. The maximum absolute atomic E-state index is 12.0. The number of aromatic amines is 1. The molecule has 1 heterocycles. The number of ether oxygens (including phenoxy) is 2. The molecule has 1 aromatic heterocycles. The van der Waals surface area contributed by atoms with E-state index in [1.165, 1.54) is 6.21 Å². The van der Waals surface area contributed by atoms with E-state index < -0.39 is 0 Å². The zero-order chi connectivity index (χ0) is 16.2. The molecule has 1 aromatic carbocycles. The molecule has 1 aliphatic rings. The largest absolute Gasteiger partial charge is 0.493 e. The van der Waals surface area contributed by atoms with E-state index in [4.69, 9.17) is 9.47 Å². The van der Waals surface area contributed by atoms with Crippen molar-refractivity contribution in [2.45, 2.75) is 18.8 Å². The standard InChI is InChI=1S/C16H18N4O3/c1-22-14-6-3-10(7-15(14)23-2)9-17-20-16(21)13-8-12(18-19-13)11-4-5-11/h3,6-9,11H,4-5H2,1-2H3,(H,18,19)(H,20,21)/b17-9-. The molecule has 7 heteroatoms. The molecule has 1 fully saturated rings. The average Bonchev–Trinajstić information content (AvgIpc) is 3.31. The highest BCUT2D eigenvalue weighted by Gasteiger charge is 2.26. The first kappa shape index (κ1) is 15.1. The molecule has 3 rings (SSSR count). The first-order valence-electron chi connectivity index (χ1n) is 7.32. The minimum Gasteiger partial charge on any atom is -0.493 e. The van der Waals surface area contributed by atoms with Gasteiger partial charge < -0.3 is 9.47 Å². The number of H-pyrrole nitrogens is 1. The van der Waals surface area contributed by atoms with E-state index in [2.05, 4.69) is 20.7 Å². The monoisotopic (exact) mass is 314 g/mol. The lowest BCUT2D eigenvalue weighted by Gasteiger charge is -2.07. The molecule has 0 atom stereocenters. The van der Waals surface area contributed by atoms with Gasteiger partial charge in [0.1, 0.15) is 0 Å². The Morgan fingerprint density at radius 2 is 2.09 bits per heavy atom. The fourth-order valence-electron chi connectivity index (χ4n) is 2.21. The third-order valence-electron chi connectivity index (χ3n) is 3.63. The van der Waals surface area contributed by atoms with Crippen molar-refractivity contribution in [3.05, 3.63) is 41.2 Å². The molecule has 1 aliphatic carbocycles. The zero-order valence-corrected chi connectivity index (χ0v) is 13.0. The summed E-state index contributed by atoms with van der Waals surface area (Å²) in [4.78, 5) is 12.0. The predicted octanol–water partition coefficient (Wildman–Crippen LogP) is 2.07. The van der Waals surface area contributed by atoms with Crippen LogP contribution in [0.5, 0.6) is 11.5 Å². The SMILES string of the molecule is COc1ccc(/C=N\NC(=O)c2cc(C3CC3)[nH]n2)cc1OC. The molecule has 2 aromatic rings. The van der Waals surface area contributed by atoms with Crippen LogP contribution in [-0.2, 0) is 0 Å². The Bertz CT molecular complexity index is 735. The van der Waals surface area contributed by atoms with Crippen LogP contribution >= 0.6 is 0 Å². The number of aromatic nitrogens is 2. The quantitative estimate of drug-likeness (QED) is 0.631. The second kappa shape index (κ2) is 6.51. The molecule has 23 heavy (non-hydrogen) atoms. The molecule has 0 aliphatic heterocycles. The normalized spacial score (nSPS) is 14.0. The Morgan fingerprint density at radius 3 is 2.78 bits per heavy atom. The van der Waals surface area contributed by atoms with Crippen molar-refractivity contribution in [3.63, 3.8) is 0 Å². The van der Waals surface area contributed by atoms with Crippen molar-refractivity contribution in [2.24, 2.45) is 5.10 Å². The number of benzene rings is 1. The van der Waals surface area contributed by atoms with Gasteiger partial charge in [0, 0.05) is 11.6 Å². The lowest BCUT2D eigenvalue weighted by molar-refractivity contribution is 0.0950. The Labute approximate surface area is 133 Å². The highest BCUT2D eigenvalue weighted by molar-refractivity contribution is 5.93. The van der Waals surface area contributed by atoms with Crippen LogP contribution in [0.1, 0.15) is 40.5 Å². The highest BCUT2D eigenvalue weighted by atomic mass is 16.5. The van der Waals surface area contributed by atoms with Crippen molar-refractivity contribution in [1.82, 2.24) is 15.6 Å². The van der Waals surface area contributed by atoms with Gasteiger partial charge in [-0.05, 0) is 42.7 Å². The van der Waals surface area contributed by atoms with Crippen molar-refractivity contribution >= 4 is 12.1 Å². The maximum Gasteiger partial charge on any atom is 0.291 e. The molecule has 0 saturated heterocycles. The molecular formula is C16H18N4O3. The zero-order valence-electron chi connectivity index (χ0n) is 13.0. The fraction of sp³-hybridized carbons (Fsp3) is 0.312. The van der Waals surface area contributed by atoms with E-state index in [1.807, 2.05) is 6.07 Å². The Kier molecular flexibility index (Phi) is 4.27. The number of hydrogen-bond acceptors (Lipinski definition) is 5. The second-order valence-corrected chi connectivity index (χ2v) is 5.30. The Balaban J connectivity index is 1.62. The van der Waals surface area contributed by atoms with E-state index >= 15 is 0 Å². The predicted molar refractivity (Wildman–Crippen MR) is 85.2 cm³/mol. The molecule has 0 radical (unpaired) electrons. The number of rotatable bonds is 6. The topological polar surface area (TPSA) is 88.6 Å². The Morgan fingerprint density at radius 1 is 1.30 bits per heavy atom. The van der Waals surface area contributed by atoms with Crippen LogP contribution in [0.15, 0.2) is 29.4 Å². The van der Waals surface area contributed by atoms with Crippen LogP contribution in [-0.4, -0.2) is 36.5 Å². The van der Waals surface area contributed by atoms with Gasteiger partial charge in [-0.3, -0.25) is 9.89 Å². The van der Waals surface area contributed by atoms with Crippen LogP contribution in [0.25, 0.3) is 0 Å². The number of nitrogens with zero attached hydrogens (tertiary/aromatic N) is 2. The summed E-state index contributed by atoms with van der Waals surface area (Å²) in [5.41, 5.74) is 4.60. The van der Waals surface area contributed by atoms with Crippen molar-refractivity contribution in [2.75, 3.05) is 14.2 Å². The number of hydrazone groups is 1. The summed E-state index contributed by atoms with van der Waals surface area (Å²) >= 11 is 0. The summed E-state index contributed by atoms with van der Waals surface area (Å²) in [5.74, 6) is 1.42. The number of nitrogens with one attached hydrogen (secondary N) is 2. The number of hydrogen-bond donors (Lipinski definition) is 2. The first-order chi connectivity index (χ1) is 11.2. The van der Waals surface area contributed by atoms with E-state index in [0.29, 0.717) is 23.1 Å². The van der Waals surface area contributed by atoms with Crippen LogP contribution in [0, 0.1) is 0 Å². The van der Waals surface area contributed by atoms with Crippen molar-refractivity contribution < 1.29 is 14.3 Å². The summed E-state index contributed by atoms with van der Waals surface area (Å²) in [6.45, 7) is 0. The molecule has 120 valence electrons. The molecule has 1 saturated carbocycles. The number of carbonyl (C=O) groups excluding carboxylic acids is 1. The lowest BCUT2D eigenvalue weighted by atomic mass is 10.2. The summed E-state index contributed by atoms with van der Waals surface area (Å²) in [7, 11) is 3.14. The molecule has 0 bridgehead atoms. The minimum atomic E-state index is -0.343. The van der Waals surface area contributed by atoms with Gasteiger partial charge in [0.15, 0.2) is 17.2 Å². The first-order valence-corrected chi connectivity index (χ1v) is 7.32. The molecule has 2 N–H and O–H groups in total. The third kappa shape index (κ3) is 3.50. The summed E-state index contributed by atoms with van der Waals surface area (Å²) in [5, 5.41) is 10.8. The van der Waals surface area contributed by atoms with E-state index in [1.54, 1.807) is 32.4 Å². The molecular weight excluding hydrogens is 296 g/mol. The van der Waals surface area contributed by atoms with Gasteiger partial charge in [-0.25, -0.2) is 5.43 Å². The number of methoxy groups -OCH3 is 2. The van der Waals surface area contributed by atoms with Gasteiger partial charge in [0.2, 0.25) is 0 Å². The van der Waals surface area contributed by atoms with Crippen LogP contribution < -0.4 is 14.9 Å². The molecule has 0 spiro atoms. The highest BCUT2D eigenvalue weighted by Crippen LogP contribution is 2.38. The van der Waals surface area contributed by atoms with Crippen LogP contribution in [0.4, 0.5) is 0 Å². The molecule has 0 unspecified atom stereocenters. The van der Waals surface area contributed by atoms with Crippen LogP contribution in [0.3, 0.4) is 0 Å². The van der Waals surface area contributed by atoms with Gasteiger partial charge in [-0.1, -0.05) is 0 Å². The number of carbonyl (C=O) groups is 1.